The summed E-state index contributed by atoms with van der Waals surface area (Å²) in [7, 11) is 0. The van der Waals surface area contributed by atoms with E-state index < -0.39 is 5.54 Å². The SMILES string of the molecule is NC(=O)C1(N2C=CC=CN2)CC1. The number of rotatable bonds is 2. The number of allylic oxidation sites excluding steroid dienone is 2. The fourth-order valence-corrected chi connectivity index (χ4v) is 1.35. The molecular weight excluding hydrogens is 154 g/mol. The molecule has 1 aliphatic heterocycles. The molecule has 0 aromatic heterocycles. The van der Waals surface area contributed by atoms with Crippen LogP contribution in [0.15, 0.2) is 24.6 Å². The van der Waals surface area contributed by atoms with E-state index in [1.807, 2.05) is 18.4 Å². The van der Waals surface area contributed by atoms with Crippen LogP contribution in [0.25, 0.3) is 0 Å². The van der Waals surface area contributed by atoms with Crippen molar-refractivity contribution in [3.8, 4) is 0 Å². The zero-order valence-corrected chi connectivity index (χ0v) is 6.66. The minimum absolute atomic E-state index is 0.255. The Hall–Kier alpha value is -1.45. The van der Waals surface area contributed by atoms with E-state index in [1.54, 1.807) is 11.2 Å². The Morgan fingerprint density at radius 1 is 1.50 bits per heavy atom. The first-order chi connectivity index (χ1) is 5.76. The van der Waals surface area contributed by atoms with Crippen LogP contribution < -0.4 is 11.2 Å². The molecule has 0 unspecified atom stereocenters. The van der Waals surface area contributed by atoms with Crippen LogP contribution in [-0.2, 0) is 4.79 Å². The van der Waals surface area contributed by atoms with E-state index in [0.29, 0.717) is 0 Å². The van der Waals surface area contributed by atoms with Crippen molar-refractivity contribution >= 4 is 5.91 Å². The van der Waals surface area contributed by atoms with E-state index in [4.69, 9.17) is 5.73 Å². The lowest BCUT2D eigenvalue weighted by atomic mass is 10.2. The van der Waals surface area contributed by atoms with Gasteiger partial charge in [0.15, 0.2) is 0 Å². The van der Waals surface area contributed by atoms with Gasteiger partial charge in [-0.1, -0.05) is 0 Å². The number of hydrazine groups is 1. The number of nitrogens with zero attached hydrogens (tertiary/aromatic N) is 1. The zero-order valence-electron chi connectivity index (χ0n) is 6.66. The Morgan fingerprint density at radius 2 is 2.25 bits per heavy atom. The minimum Gasteiger partial charge on any atom is -0.368 e. The van der Waals surface area contributed by atoms with Crippen molar-refractivity contribution in [3.05, 3.63) is 24.6 Å². The molecule has 1 aliphatic carbocycles. The van der Waals surface area contributed by atoms with Gasteiger partial charge in [-0.05, 0) is 25.0 Å². The number of nitrogens with one attached hydrogen (secondary N) is 1. The first-order valence-corrected chi connectivity index (χ1v) is 3.94. The highest BCUT2D eigenvalue weighted by Gasteiger charge is 2.53. The fourth-order valence-electron chi connectivity index (χ4n) is 1.35. The van der Waals surface area contributed by atoms with Crippen molar-refractivity contribution in [2.45, 2.75) is 18.4 Å². The summed E-state index contributed by atoms with van der Waals surface area (Å²) in [5, 5.41) is 1.77. The molecule has 1 heterocycles. The van der Waals surface area contributed by atoms with Crippen molar-refractivity contribution in [3.63, 3.8) is 0 Å². The van der Waals surface area contributed by atoms with Gasteiger partial charge in [-0.3, -0.25) is 9.80 Å². The van der Waals surface area contributed by atoms with Gasteiger partial charge in [-0.15, -0.1) is 0 Å². The topological polar surface area (TPSA) is 58.4 Å². The molecule has 1 saturated carbocycles. The van der Waals surface area contributed by atoms with E-state index >= 15 is 0 Å². The highest BCUT2D eigenvalue weighted by Crippen LogP contribution is 2.40. The zero-order chi connectivity index (χ0) is 8.60. The summed E-state index contributed by atoms with van der Waals surface area (Å²) in [6.07, 6.45) is 9.04. The third-order valence-electron chi connectivity index (χ3n) is 2.30. The molecule has 0 aromatic rings. The lowest BCUT2D eigenvalue weighted by Crippen LogP contribution is -2.49. The molecule has 0 aromatic carbocycles. The molecule has 1 fully saturated rings. The standard InChI is InChI=1S/C8H11N3O/c9-7(12)8(3-4-8)11-6-2-1-5-10-11/h1-2,5-6,10H,3-4H2,(H2,9,12). The second-order valence-corrected chi connectivity index (χ2v) is 3.10. The van der Waals surface area contributed by atoms with Gasteiger partial charge in [-0.2, -0.15) is 0 Å². The van der Waals surface area contributed by atoms with Crippen molar-refractivity contribution in [2.75, 3.05) is 0 Å². The number of hydrogen-bond acceptors (Lipinski definition) is 3. The maximum atomic E-state index is 11.1. The van der Waals surface area contributed by atoms with Gasteiger partial charge < -0.3 is 11.2 Å². The summed E-state index contributed by atoms with van der Waals surface area (Å²) in [6.45, 7) is 0. The fraction of sp³-hybridized carbons (Fsp3) is 0.375. The number of amides is 1. The minimum atomic E-state index is -0.457. The summed E-state index contributed by atoms with van der Waals surface area (Å²) in [5.41, 5.74) is 7.80. The molecule has 0 radical (unpaired) electrons. The quantitative estimate of drug-likeness (QED) is 0.598. The summed E-state index contributed by atoms with van der Waals surface area (Å²) in [5.74, 6) is -0.255. The molecule has 2 rings (SSSR count). The van der Waals surface area contributed by atoms with Crippen LogP contribution in [0.5, 0.6) is 0 Å². The van der Waals surface area contributed by atoms with Gasteiger partial charge in [0.1, 0.15) is 5.54 Å². The first kappa shape index (κ1) is 7.21. The lowest BCUT2D eigenvalue weighted by Gasteiger charge is -2.29. The first-order valence-electron chi connectivity index (χ1n) is 3.94. The van der Waals surface area contributed by atoms with Gasteiger partial charge in [-0.25, -0.2) is 0 Å². The predicted octanol–water partition coefficient (Wildman–Crippen LogP) is -0.148. The van der Waals surface area contributed by atoms with Crippen LogP contribution in [0.4, 0.5) is 0 Å². The number of hydrogen-bond donors (Lipinski definition) is 2. The highest BCUT2D eigenvalue weighted by atomic mass is 16.2. The maximum absolute atomic E-state index is 11.1. The smallest absolute Gasteiger partial charge is 0.245 e. The van der Waals surface area contributed by atoms with Crippen LogP contribution in [0, 0.1) is 0 Å². The molecule has 4 nitrogen and oxygen atoms in total. The van der Waals surface area contributed by atoms with Crippen LogP contribution in [0.3, 0.4) is 0 Å². The summed E-state index contributed by atoms with van der Waals surface area (Å²) >= 11 is 0. The predicted molar refractivity (Wildman–Crippen MR) is 44.4 cm³/mol. The van der Waals surface area contributed by atoms with Gasteiger partial charge in [0.25, 0.3) is 0 Å². The molecule has 0 saturated heterocycles. The molecule has 4 heteroatoms. The Balaban J connectivity index is 2.14. The number of carbonyl (C=O) groups is 1. The number of primary amides is 1. The van der Waals surface area contributed by atoms with E-state index in [-0.39, 0.29) is 5.91 Å². The number of carbonyl (C=O) groups excluding carboxylic acids is 1. The van der Waals surface area contributed by atoms with Crippen LogP contribution in [0.1, 0.15) is 12.8 Å². The Kier molecular flexibility index (Phi) is 1.36. The monoisotopic (exact) mass is 165 g/mol. The molecule has 3 N–H and O–H groups in total. The van der Waals surface area contributed by atoms with Crippen LogP contribution >= 0.6 is 0 Å². The van der Waals surface area contributed by atoms with Gasteiger partial charge in [0.2, 0.25) is 5.91 Å². The molecule has 0 atom stereocenters. The summed E-state index contributed by atoms with van der Waals surface area (Å²) in [6, 6.07) is 0. The molecule has 12 heavy (non-hydrogen) atoms. The van der Waals surface area contributed by atoms with Gasteiger partial charge >= 0.3 is 0 Å². The highest BCUT2D eigenvalue weighted by molar-refractivity contribution is 5.87. The van der Waals surface area contributed by atoms with Crippen molar-refractivity contribution in [1.82, 2.24) is 10.4 Å². The molecule has 2 aliphatic rings. The van der Waals surface area contributed by atoms with E-state index in [2.05, 4.69) is 5.43 Å². The van der Waals surface area contributed by atoms with E-state index in [9.17, 15) is 4.79 Å². The van der Waals surface area contributed by atoms with E-state index in [1.165, 1.54) is 0 Å². The largest absolute Gasteiger partial charge is 0.368 e. The Morgan fingerprint density at radius 3 is 2.67 bits per heavy atom. The second-order valence-electron chi connectivity index (χ2n) is 3.10. The molecule has 0 spiro atoms. The summed E-state index contributed by atoms with van der Waals surface area (Å²) in [4.78, 5) is 11.1. The lowest BCUT2D eigenvalue weighted by molar-refractivity contribution is -0.124. The van der Waals surface area contributed by atoms with Crippen molar-refractivity contribution in [2.24, 2.45) is 5.73 Å². The number of nitrogens with two attached hydrogens (primary N) is 1. The van der Waals surface area contributed by atoms with Crippen LogP contribution in [0.2, 0.25) is 0 Å². The third-order valence-corrected chi connectivity index (χ3v) is 2.30. The molecule has 0 bridgehead atoms. The van der Waals surface area contributed by atoms with Crippen LogP contribution in [-0.4, -0.2) is 16.5 Å². The third kappa shape index (κ3) is 0.879. The molecule has 64 valence electrons. The van der Waals surface area contributed by atoms with E-state index in [0.717, 1.165) is 12.8 Å². The van der Waals surface area contributed by atoms with Crippen molar-refractivity contribution in [1.29, 1.82) is 0 Å². The normalized spacial score (nSPS) is 23.5. The van der Waals surface area contributed by atoms with Crippen molar-refractivity contribution < 1.29 is 4.79 Å². The maximum Gasteiger partial charge on any atom is 0.245 e. The summed E-state index contributed by atoms with van der Waals surface area (Å²) < 4.78 is 0. The molecular formula is C8H11N3O. The average molecular weight is 165 g/mol. The Bertz CT molecular complexity index is 265. The second kappa shape index (κ2) is 2.27. The van der Waals surface area contributed by atoms with Gasteiger partial charge in [0.05, 0.1) is 0 Å². The Labute approximate surface area is 70.7 Å². The molecule has 1 amide bonds. The average Bonchev–Trinajstić information content (AvgIpc) is 2.86. The van der Waals surface area contributed by atoms with Gasteiger partial charge in [0, 0.05) is 12.4 Å².